The largest absolute Gasteiger partial charge is 0.480 e. The van der Waals surface area contributed by atoms with E-state index in [0.29, 0.717) is 45.2 Å². The van der Waals surface area contributed by atoms with Crippen molar-refractivity contribution in [2.24, 2.45) is 5.92 Å². The zero-order valence-electron chi connectivity index (χ0n) is 20.2. The molecule has 2 N–H and O–H groups in total. The van der Waals surface area contributed by atoms with Crippen LogP contribution in [0.4, 0.5) is 4.39 Å². The van der Waals surface area contributed by atoms with Gasteiger partial charge in [0, 0.05) is 30.4 Å². The Balaban J connectivity index is 1.51. The Morgan fingerprint density at radius 1 is 1.21 bits per heavy atom. The number of rotatable bonds is 11. The van der Waals surface area contributed by atoms with Gasteiger partial charge in [0.1, 0.15) is 11.7 Å². The van der Waals surface area contributed by atoms with Crippen molar-refractivity contribution in [2.45, 2.75) is 96.2 Å². The Bertz CT molecular complexity index is 814. The zero-order chi connectivity index (χ0) is 23.8. The van der Waals surface area contributed by atoms with Gasteiger partial charge in [-0.25, -0.2) is 9.18 Å². The molecule has 7 heteroatoms. The quantitative estimate of drug-likeness (QED) is 0.519. The van der Waals surface area contributed by atoms with Crippen molar-refractivity contribution in [1.29, 1.82) is 0 Å². The molecule has 0 radical (unpaired) electrons. The molecule has 1 aromatic heterocycles. The average molecular weight is 462 g/mol. The monoisotopic (exact) mass is 461 g/mol. The van der Waals surface area contributed by atoms with Gasteiger partial charge in [-0.3, -0.25) is 9.78 Å². The van der Waals surface area contributed by atoms with E-state index in [1.807, 2.05) is 24.8 Å². The first-order chi connectivity index (χ1) is 15.8. The number of aliphatic carboxylic acids is 1. The maximum Gasteiger partial charge on any atom is 0.326 e. The van der Waals surface area contributed by atoms with E-state index in [1.54, 1.807) is 0 Å². The molecule has 2 atom stereocenters. The standard InChI is InChI=1S/C26H40FN3O3/c1-3-19(4-2)24(31)29-23(25(32)33)13-17-30-16-7-14-26(27,18-30)15-12-21-11-10-20-8-5-6-9-22(20)28-21/h10-11,19,23H,3-9,12-18H2,1-2H3,(H,29,31)(H,32,33)/t23-,26-/m0/s1. The molecule has 6 nitrogen and oxygen atoms in total. The van der Waals surface area contributed by atoms with Gasteiger partial charge in [-0.05, 0) is 88.8 Å². The summed E-state index contributed by atoms with van der Waals surface area (Å²) >= 11 is 0. The first kappa shape index (κ1) is 25.6. The lowest BCUT2D eigenvalue weighted by molar-refractivity contribution is -0.142. The lowest BCUT2D eigenvalue weighted by Crippen LogP contribution is -2.49. The summed E-state index contributed by atoms with van der Waals surface area (Å²) in [6.07, 6.45) is 8.52. The van der Waals surface area contributed by atoms with Crippen molar-refractivity contribution >= 4 is 11.9 Å². The fourth-order valence-corrected chi connectivity index (χ4v) is 5.21. The first-order valence-corrected chi connectivity index (χ1v) is 12.8. The van der Waals surface area contributed by atoms with E-state index in [4.69, 9.17) is 4.98 Å². The summed E-state index contributed by atoms with van der Waals surface area (Å²) in [6, 6.07) is 3.28. The van der Waals surface area contributed by atoms with Crippen LogP contribution in [0.2, 0.25) is 0 Å². The third kappa shape index (κ3) is 7.23. The number of fused-ring (bicyclic) bond motifs is 1. The molecule has 0 spiro atoms. The minimum atomic E-state index is -1.28. The minimum absolute atomic E-state index is 0.169. The summed E-state index contributed by atoms with van der Waals surface area (Å²) in [5, 5.41) is 12.2. The van der Waals surface area contributed by atoms with E-state index >= 15 is 4.39 Å². The van der Waals surface area contributed by atoms with Crippen molar-refractivity contribution in [1.82, 2.24) is 15.2 Å². The van der Waals surface area contributed by atoms with Gasteiger partial charge in [-0.15, -0.1) is 0 Å². The van der Waals surface area contributed by atoms with Crippen molar-refractivity contribution in [2.75, 3.05) is 19.6 Å². The molecule has 184 valence electrons. The maximum absolute atomic E-state index is 15.7. The number of carbonyl (C=O) groups excluding carboxylic acids is 1. The molecule has 1 aliphatic carbocycles. The van der Waals surface area contributed by atoms with Gasteiger partial charge in [-0.2, -0.15) is 0 Å². The van der Waals surface area contributed by atoms with Crippen LogP contribution in [0.1, 0.15) is 82.2 Å². The molecule has 1 fully saturated rings. The molecule has 1 saturated heterocycles. The fraction of sp³-hybridized carbons (Fsp3) is 0.731. The summed E-state index contributed by atoms with van der Waals surface area (Å²) in [5.41, 5.74) is 2.22. The van der Waals surface area contributed by atoms with Gasteiger partial charge in [0.05, 0.1) is 0 Å². The third-order valence-corrected chi connectivity index (χ3v) is 7.38. The second kappa shape index (κ2) is 11.9. The van der Waals surface area contributed by atoms with Crippen molar-refractivity contribution in [3.63, 3.8) is 0 Å². The number of halogens is 1. The molecular formula is C26H40FN3O3. The van der Waals surface area contributed by atoms with Gasteiger partial charge in [0.15, 0.2) is 0 Å². The number of aryl methyl sites for hydroxylation is 3. The predicted octanol–water partition coefficient (Wildman–Crippen LogP) is 4.09. The SMILES string of the molecule is CCC(CC)C(=O)N[C@@H](CCN1CCC[C@](F)(CCc2ccc3c(n2)CCCC3)C1)C(=O)O. The van der Waals surface area contributed by atoms with Gasteiger partial charge < -0.3 is 15.3 Å². The normalized spacial score (nSPS) is 22.1. The number of piperidine rings is 1. The van der Waals surface area contributed by atoms with Gasteiger partial charge >= 0.3 is 5.97 Å². The number of aromatic nitrogens is 1. The Morgan fingerprint density at radius 2 is 1.97 bits per heavy atom. The van der Waals surface area contributed by atoms with E-state index in [-0.39, 0.29) is 18.2 Å². The van der Waals surface area contributed by atoms with Crippen LogP contribution in [0.15, 0.2) is 12.1 Å². The van der Waals surface area contributed by atoms with Gasteiger partial charge in [-0.1, -0.05) is 19.9 Å². The average Bonchev–Trinajstić information content (AvgIpc) is 2.81. The van der Waals surface area contributed by atoms with Crippen LogP contribution < -0.4 is 5.32 Å². The summed E-state index contributed by atoms with van der Waals surface area (Å²) in [4.78, 5) is 30.8. The lowest BCUT2D eigenvalue weighted by Gasteiger charge is -2.38. The third-order valence-electron chi connectivity index (χ3n) is 7.38. The number of hydrogen-bond acceptors (Lipinski definition) is 4. The number of carbonyl (C=O) groups is 2. The summed E-state index contributed by atoms with van der Waals surface area (Å²) in [6.45, 7) is 5.39. The Morgan fingerprint density at radius 3 is 2.70 bits per heavy atom. The van der Waals surface area contributed by atoms with Crippen molar-refractivity contribution in [3.8, 4) is 0 Å². The number of nitrogens with one attached hydrogen (secondary N) is 1. The van der Waals surface area contributed by atoms with E-state index in [9.17, 15) is 14.7 Å². The van der Waals surface area contributed by atoms with Crippen LogP contribution in [0.5, 0.6) is 0 Å². The minimum Gasteiger partial charge on any atom is -0.480 e. The Hall–Kier alpha value is -2.02. The van der Waals surface area contributed by atoms with Crippen LogP contribution in [0, 0.1) is 5.92 Å². The molecule has 0 saturated carbocycles. The topological polar surface area (TPSA) is 82.5 Å². The van der Waals surface area contributed by atoms with Crippen LogP contribution in [-0.2, 0) is 28.9 Å². The highest BCUT2D eigenvalue weighted by atomic mass is 19.1. The number of alkyl halides is 1. The molecule has 2 heterocycles. The second-order valence-electron chi connectivity index (χ2n) is 9.85. The molecule has 0 aromatic carbocycles. The van der Waals surface area contributed by atoms with Gasteiger partial charge in [0.25, 0.3) is 0 Å². The highest BCUT2D eigenvalue weighted by Gasteiger charge is 2.36. The second-order valence-corrected chi connectivity index (χ2v) is 9.85. The number of nitrogens with zero attached hydrogens (tertiary/aromatic N) is 2. The zero-order valence-corrected chi connectivity index (χ0v) is 20.2. The van der Waals surface area contributed by atoms with Crippen molar-refractivity contribution in [3.05, 3.63) is 29.1 Å². The Kier molecular flexibility index (Phi) is 9.24. The molecule has 3 rings (SSSR count). The number of likely N-dealkylation sites (tertiary alicyclic amines) is 1. The number of pyridine rings is 1. The van der Waals surface area contributed by atoms with Crippen molar-refractivity contribution < 1.29 is 19.1 Å². The fourth-order valence-electron chi connectivity index (χ4n) is 5.21. The smallest absolute Gasteiger partial charge is 0.326 e. The van der Waals surface area contributed by atoms with Crippen LogP contribution in [0.25, 0.3) is 0 Å². The van der Waals surface area contributed by atoms with Crippen LogP contribution >= 0.6 is 0 Å². The van der Waals surface area contributed by atoms with Crippen LogP contribution in [-0.4, -0.2) is 58.2 Å². The number of hydrogen-bond donors (Lipinski definition) is 2. The van der Waals surface area contributed by atoms with E-state index in [1.165, 1.54) is 24.1 Å². The molecule has 2 aliphatic rings. The lowest BCUT2D eigenvalue weighted by atomic mass is 9.88. The number of amides is 1. The summed E-state index contributed by atoms with van der Waals surface area (Å²) in [5.74, 6) is -1.41. The van der Waals surface area contributed by atoms with E-state index in [2.05, 4.69) is 11.4 Å². The number of carboxylic acid groups (broad SMARTS) is 1. The molecule has 0 unspecified atom stereocenters. The van der Waals surface area contributed by atoms with E-state index < -0.39 is 17.7 Å². The number of carboxylic acids is 1. The molecule has 0 bridgehead atoms. The van der Waals surface area contributed by atoms with Gasteiger partial charge in [0.2, 0.25) is 5.91 Å². The molecule has 1 aromatic rings. The predicted molar refractivity (Wildman–Crippen MR) is 127 cm³/mol. The van der Waals surface area contributed by atoms with Crippen LogP contribution in [0.3, 0.4) is 0 Å². The van der Waals surface area contributed by atoms with E-state index in [0.717, 1.165) is 31.5 Å². The highest BCUT2D eigenvalue weighted by molar-refractivity contribution is 5.84. The first-order valence-electron chi connectivity index (χ1n) is 12.8. The molecule has 33 heavy (non-hydrogen) atoms. The maximum atomic E-state index is 15.7. The molecular weight excluding hydrogens is 421 g/mol. The highest BCUT2D eigenvalue weighted by Crippen LogP contribution is 2.30. The molecule has 1 aliphatic heterocycles. The summed E-state index contributed by atoms with van der Waals surface area (Å²) in [7, 11) is 0. The summed E-state index contributed by atoms with van der Waals surface area (Å²) < 4.78 is 15.7. The Labute approximate surface area is 197 Å². The molecule has 1 amide bonds.